The van der Waals surface area contributed by atoms with Gasteiger partial charge in [-0.05, 0) is 6.42 Å². The molecule has 0 saturated carbocycles. The standard InChI is InChI=1S/C14H23N5O/c1-2-3-4-5-6-7-8-9-11-17-13(15)12-14(18-11)16-10-19(12)20/h10,20H,2-9H2,1H3,(H2,15,17,18). The van der Waals surface area contributed by atoms with E-state index in [1.807, 2.05) is 0 Å². The molecular weight excluding hydrogens is 254 g/mol. The number of anilines is 1. The van der Waals surface area contributed by atoms with Crippen molar-refractivity contribution in [2.75, 3.05) is 5.73 Å². The van der Waals surface area contributed by atoms with E-state index in [1.54, 1.807) is 0 Å². The molecule has 0 fully saturated rings. The van der Waals surface area contributed by atoms with Gasteiger partial charge in [-0.3, -0.25) is 0 Å². The molecule has 0 amide bonds. The van der Waals surface area contributed by atoms with E-state index >= 15 is 0 Å². The zero-order valence-corrected chi connectivity index (χ0v) is 12.0. The Kier molecular flexibility index (Phi) is 5.15. The van der Waals surface area contributed by atoms with Crippen molar-refractivity contribution in [1.82, 2.24) is 19.7 Å². The quantitative estimate of drug-likeness (QED) is 0.572. The van der Waals surface area contributed by atoms with E-state index in [4.69, 9.17) is 5.73 Å². The van der Waals surface area contributed by atoms with E-state index in [0.717, 1.165) is 17.6 Å². The average Bonchev–Trinajstić information content (AvgIpc) is 2.80. The van der Waals surface area contributed by atoms with Crippen molar-refractivity contribution in [2.45, 2.75) is 58.3 Å². The number of imidazole rings is 1. The molecule has 0 aromatic carbocycles. The largest absolute Gasteiger partial charge is 0.427 e. The molecule has 0 spiro atoms. The van der Waals surface area contributed by atoms with Crippen LogP contribution in [0.15, 0.2) is 6.33 Å². The van der Waals surface area contributed by atoms with Crippen LogP contribution in [0.5, 0.6) is 0 Å². The number of hydrogen-bond acceptors (Lipinski definition) is 5. The van der Waals surface area contributed by atoms with E-state index < -0.39 is 0 Å². The predicted molar refractivity (Wildman–Crippen MR) is 78.6 cm³/mol. The van der Waals surface area contributed by atoms with Crippen LogP contribution < -0.4 is 5.73 Å². The maximum atomic E-state index is 9.49. The molecule has 2 aromatic rings. The third-order valence-electron chi connectivity index (χ3n) is 3.46. The summed E-state index contributed by atoms with van der Waals surface area (Å²) in [4.78, 5) is 12.5. The minimum Gasteiger partial charge on any atom is -0.427 e. The first-order valence-corrected chi connectivity index (χ1v) is 7.41. The van der Waals surface area contributed by atoms with Crippen molar-refractivity contribution in [3.63, 3.8) is 0 Å². The lowest BCUT2D eigenvalue weighted by molar-refractivity contribution is 0.198. The summed E-state index contributed by atoms with van der Waals surface area (Å²) < 4.78 is 0.863. The topological polar surface area (TPSA) is 89.8 Å². The van der Waals surface area contributed by atoms with Gasteiger partial charge in [-0.2, -0.15) is 4.73 Å². The smallest absolute Gasteiger partial charge is 0.186 e. The van der Waals surface area contributed by atoms with Gasteiger partial charge in [0.05, 0.1) is 0 Å². The molecule has 6 nitrogen and oxygen atoms in total. The summed E-state index contributed by atoms with van der Waals surface area (Å²) >= 11 is 0. The fourth-order valence-corrected chi connectivity index (χ4v) is 2.34. The van der Waals surface area contributed by atoms with Crippen molar-refractivity contribution in [2.24, 2.45) is 0 Å². The number of unbranched alkanes of at least 4 members (excludes halogenated alkanes) is 6. The molecule has 0 saturated heterocycles. The second kappa shape index (κ2) is 7.07. The van der Waals surface area contributed by atoms with Crippen molar-refractivity contribution >= 4 is 17.0 Å². The lowest BCUT2D eigenvalue weighted by Crippen LogP contribution is -2.03. The third-order valence-corrected chi connectivity index (χ3v) is 3.46. The molecule has 2 aromatic heterocycles. The van der Waals surface area contributed by atoms with Crippen LogP contribution in [-0.4, -0.2) is 24.9 Å². The van der Waals surface area contributed by atoms with Crippen molar-refractivity contribution in [1.29, 1.82) is 0 Å². The fourth-order valence-electron chi connectivity index (χ4n) is 2.34. The number of aromatic nitrogens is 4. The van der Waals surface area contributed by atoms with Crippen LogP contribution >= 0.6 is 0 Å². The van der Waals surface area contributed by atoms with Gasteiger partial charge in [0, 0.05) is 6.42 Å². The van der Waals surface area contributed by atoms with Gasteiger partial charge in [0.2, 0.25) is 0 Å². The molecule has 3 N–H and O–H groups in total. The summed E-state index contributed by atoms with van der Waals surface area (Å²) in [5, 5.41) is 9.49. The summed E-state index contributed by atoms with van der Waals surface area (Å²) in [6.07, 6.45) is 10.9. The Morgan fingerprint density at radius 3 is 2.55 bits per heavy atom. The summed E-state index contributed by atoms with van der Waals surface area (Å²) in [5.74, 6) is 0.996. The fraction of sp³-hybridized carbons (Fsp3) is 0.643. The zero-order chi connectivity index (χ0) is 14.4. The summed E-state index contributed by atoms with van der Waals surface area (Å²) in [5.41, 5.74) is 6.65. The second-order valence-corrected chi connectivity index (χ2v) is 5.16. The Hall–Kier alpha value is -1.85. The van der Waals surface area contributed by atoms with Crippen molar-refractivity contribution < 1.29 is 5.21 Å². The highest BCUT2D eigenvalue weighted by Gasteiger charge is 2.10. The third kappa shape index (κ3) is 3.59. The molecule has 0 radical (unpaired) electrons. The molecule has 0 aliphatic heterocycles. The Labute approximate surface area is 119 Å². The Bertz CT molecular complexity index is 552. The lowest BCUT2D eigenvalue weighted by atomic mass is 10.1. The van der Waals surface area contributed by atoms with Gasteiger partial charge >= 0.3 is 0 Å². The Morgan fingerprint density at radius 1 is 1.10 bits per heavy atom. The van der Waals surface area contributed by atoms with Gasteiger partial charge in [-0.25, -0.2) is 15.0 Å². The molecular formula is C14H23N5O. The summed E-state index contributed by atoms with van der Waals surface area (Å²) in [6.45, 7) is 2.23. The molecule has 2 rings (SSSR count). The van der Waals surface area contributed by atoms with Gasteiger partial charge in [0.15, 0.2) is 17.0 Å². The molecule has 0 atom stereocenters. The van der Waals surface area contributed by atoms with Crippen LogP contribution in [0.2, 0.25) is 0 Å². The van der Waals surface area contributed by atoms with Crippen LogP contribution in [0, 0.1) is 0 Å². The minimum absolute atomic E-state index is 0.285. The summed E-state index contributed by atoms with van der Waals surface area (Å²) in [6, 6.07) is 0. The Morgan fingerprint density at radius 2 is 1.80 bits per heavy atom. The van der Waals surface area contributed by atoms with Gasteiger partial charge in [-0.15, -0.1) is 0 Å². The van der Waals surface area contributed by atoms with E-state index in [1.165, 1.54) is 44.9 Å². The van der Waals surface area contributed by atoms with E-state index in [2.05, 4.69) is 21.9 Å². The van der Waals surface area contributed by atoms with Crippen LogP contribution in [0.4, 0.5) is 5.82 Å². The van der Waals surface area contributed by atoms with Gasteiger partial charge in [-0.1, -0.05) is 45.4 Å². The average molecular weight is 277 g/mol. The highest BCUT2D eigenvalue weighted by atomic mass is 16.5. The molecule has 0 aliphatic carbocycles. The van der Waals surface area contributed by atoms with E-state index in [0.29, 0.717) is 17.0 Å². The number of nitrogens with zero attached hydrogens (tertiary/aromatic N) is 4. The molecule has 0 aliphatic rings. The zero-order valence-electron chi connectivity index (χ0n) is 12.0. The monoisotopic (exact) mass is 277 g/mol. The van der Waals surface area contributed by atoms with Gasteiger partial charge in [0.25, 0.3) is 0 Å². The summed E-state index contributed by atoms with van der Waals surface area (Å²) in [7, 11) is 0. The number of fused-ring (bicyclic) bond motifs is 1. The second-order valence-electron chi connectivity index (χ2n) is 5.16. The van der Waals surface area contributed by atoms with Crippen LogP contribution in [-0.2, 0) is 6.42 Å². The molecule has 0 bridgehead atoms. The minimum atomic E-state index is 0.285. The molecule has 110 valence electrons. The number of rotatable bonds is 8. The maximum absolute atomic E-state index is 9.49. The SMILES string of the molecule is CCCCCCCCCc1nc(N)c2c(ncn2O)n1. The van der Waals surface area contributed by atoms with Crippen molar-refractivity contribution in [3.8, 4) is 0 Å². The predicted octanol–water partition coefficient (Wildman–Crippen LogP) is 2.94. The van der Waals surface area contributed by atoms with Crippen LogP contribution in [0.3, 0.4) is 0 Å². The van der Waals surface area contributed by atoms with E-state index in [9.17, 15) is 5.21 Å². The van der Waals surface area contributed by atoms with Crippen LogP contribution in [0.1, 0.15) is 57.7 Å². The molecule has 0 unspecified atom stereocenters. The normalized spacial score (nSPS) is 11.2. The first-order chi connectivity index (χ1) is 9.72. The number of aryl methyl sites for hydroxylation is 1. The van der Waals surface area contributed by atoms with Crippen molar-refractivity contribution in [3.05, 3.63) is 12.2 Å². The number of hydrogen-bond donors (Lipinski definition) is 2. The highest BCUT2D eigenvalue weighted by Crippen LogP contribution is 2.16. The number of nitrogens with two attached hydrogens (primary N) is 1. The first-order valence-electron chi connectivity index (χ1n) is 7.41. The van der Waals surface area contributed by atoms with Crippen LogP contribution in [0.25, 0.3) is 11.2 Å². The lowest BCUT2D eigenvalue weighted by Gasteiger charge is -2.03. The maximum Gasteiger partial charge on any atom is 0.186 e. The molecule has 2 heterocycles. The van der Waals surface area contributed by atoms with Gasteiger partial charge < -0.3 is 10.9 Å². The van der Waals surface area contributed by atoms with E-state index in [-0.39, 0.29) is 5.82 Å². The number of nitrogen functional groups attached to an aromatic ring is 1. The Balaban J connectivity index is 1.82. The van der Waals surface area contributed by atoms with Gasteiger partial charge in [0.1, 0.15) is 12.2 Å². The molecule has 6 heteroatoms. The molecule has 20 heavy (non-hydrogen) atoms. The highest BCUT2D eigenvalue weighted by molar-refractivity contribution is 5.81. The first kappa shape index (κ1) is 14.6.